The van der Waals surface area contributed by atoms with Gasteiger partial charge < -0.3 is 14.4 Å². The number of unbranched alkanes of at least 4 members (excludes halogenated alkanes) is 1. The minimum atomic E-state index is -0.443. The number of hydrazine groups is 1. The number of amides is 3. The molecule has 25 heavy (non-hydrogen) atoms. The highest BCUT2D eigenvalue weighted by Gasteiger charge is 2.17. The smallest absolute Gasteiger partial charge is 0.336 e. The Morgan fingerprint density at radius 2 is 1.92 bits per heavy atom. The SMILES string of the molecule is CCCCN(CC)C(=O)NNC(=O)c1cc(Br)c(OCC)c(OC)c1. The summed E-state index contributed by atoms with van der Waals surface area (Å²) in [7, 11) is 1.50. The molecule has 1 aromatic carbocycles. The van der Waals surface area contributed by atoms with Gasteiger partial charge in [0.1, 0.15) is 0 Å². The summed E-state index contributed by atoms with van der Waals surface area (Å²) in [5, 5.41) is 0. The zero-order valence-corrected chi connectivity index (χ0v) is 16.7. The Hall–Kier alpha value is -1.96. The number of halogens is 1. The van der Waals surface area contributed by atoms with E-state index in [1.165, 1.54) is 7.11 Å². The van der Waals surface area contributed by atoms with E-state index in [0.717, 1.165) is 12.8 Å². The van der Waals surface area contributed by atoms with Crippen molar-refractivity contribution in [2.45, 2.75) is 33.6 Å². The van der Waals surface area contributed by atoms with E-state index < -0.39 is 5.91 Å². The van der Waals surface area contributed by atoms with Crippen molar-refractivity contribution in [3.63, 3.8) is 0 Å². The van der Waals surface area contributed by atoms with Crippen LogP contribution in [-0.4, -0.2) is 43.6 Å². The summed E-state index contributed by atoms with van der Waals surface area (Å²) in [6, 6.07) is 2.84. The molecule has 0 spiro atoms. The zero-order chi connectivity index (χ0) is 18.8. The van der Waals surface area contributed by atoms with Crippen molar-refractivity contribution in [1.82, 2.24) is 15.8 Å². The van der Waals surface area contributed by atoms with E-state index in [0.29, 0.717) is 41.2 Å². The molecule has 0 aliphatic carbocycles. The Balaban J connectivity index is 2.77. The van der Waals surface area contributed by atoms with Crippen LogP contribution in [0, 0.1) is 0 Å². The van der Waals surface area contributed by atoms with Crippen LogP contribution in [0.15, 0.2) is 16.6 Å². The third-order valence-corrected chi connectivity index (χ3v) is 4.10. The maximum Gasteiger partial charge on any atom is 0.336 e. The Morgan fingerprint density at radius 1 is 1.20 bits per heavy atom. The third kappa shape index (κ3) is 6.12. The van der Waals surface area contributed by atoms with E-state index in [9.17, 15) is 9.59 Å². The lowest BCUT2D eigenvalue weighted by atomic mass is 10.2. The molecule has 0 radical (unpaired) electrons. The first-order valence-electron chi connectivity index (χ1n) is 8.33. The molecule has 1 aromatic rings. The van der Waals surface area contributed by atoms with E-state index in [2.05, 4.69) is 33.7 Å². The van der Waals surface area contributed by atoms with Gasteiger partial charge in [-0.1, -0.05) is 13.3 Å². The molecule has 0 saturated heterocycles. The number of nitrogens with one attached hydrogen (secondary N) is 2. The van der Waals surface area contributed by atoms with Crippen LogP contribution in [0.4, 0.5) is 4.79 Å². The Labute approximate surface area is 157 Å². The van der Waals surface area contributed by atoms with Crippen LogP contribution in [0.5, 0.6) is 11.5 Å². The fourth-order valence-corrected chi connectivity index (χ4v) is 2.71. The van der Waals surface area contributed by atoms with Crippen LogP contribution in [0.1, 0.15) is 44.0 Å². The number of urea groups is 1. The van der Waals surface area contributed by atoms with Crippen LogP contribution in [0.25, 0.3) is 0 Å². The van der Waals surface area contributed by atoms with E-state index in [4.69, 9.17) is 9.47 Å². The average molecular weight is 416 g/mol. The lowest BCUT2D eigenvalue weighted by molar-refractivity contribution is 0.0929. The molecule has 0 fully saturated rings. The third-order valence-electron chi connectivity index (χ3n) is 3.51. The van der Waals surface area contributed by atoms with Gasteiger partial charge in [-0.05, 0) is 48.3 Å². The molecule has 0 unspecified atom stereocenters. The maximum absolute atomic E-state index is 12.3. The second kappa shape index (κ2) is 10.8. The first-order chi connectivity index (χ1) is 12.0. The molecular weight excluding hydrogens is 390 g/mol. The lowest BCUT2D eigenvalue weighted by Gasteiger charge is -2.21. The number of benzene rings is 1. The summed E-state index contributed by atoms with van der Waals surface area (Å²) in [6.07, 6.45) is 1.91. The molecule has 0 atom stereocenters. The summed E-state index contributed by atoms with van der Waals surface area (Å²) >= 11 is 3.37. The van der Waals surface area contributed by atoms with Gasteiger partial charge >= 0.3 is 6.03 Å². The van der Waals surface area contributed by atoms with Gasteiger partial charge in [-0.3, -0.25) is 10.2 Å². The molecule has 0 bridgehead atoms. The van der Waals surface area contributed by atoms with Crippen LogP contribution in [0.3, 0.4) is 0 Å². The molecule has 7 nitrogen and oxygen atoms in total. The van der Waals surface area contributed by atoms with Gasteiger partial charge in [-0.15, -0.1) is 0 Å². The fourth-order valence-electron chi connectivity index (χ4n) is 2.15. The fraction of sp³-hybridized carbons (Fsp3) is 0.529. The highest BCUT2D eigenvalue weighted by atomic mass is 79.9. The van der Waals surface area contributed by atoms with Crippen molar-refractivity contribution in [1.29, 1.82) is 0 Å². The Bertz CT molecular complexity index is 596. The first-order valence-corrected chi connectivity index (χ1v) is 9.13. The van der Waals surface area contributed by atoms with E-state index >= 15 is 0 Å². The molecular formula is C17H26BrN3O4. The van der Waals surface area contributed by atoms with E-state index in [1.54, 1.807) is 17.0 Å². The number of rotatable bonds is 8. The van der Waals surface area contributed by atoms with Gasteiger partial charge in [-0.2, -0.15) is 0 Å². The van der Waals surface area contributed by atoms with E-state index in [1.807, 2.05) is 13.8 Å². The molecule has 0 heterocycles. The van der Waals surface area contributed by atoms with Gasteiger partial charge in [0.05, 0.1) is 18.2 Å². The number of methoxy groups -OCH3 is 1. The van der Waals surface area contributed by atoms with Crippen molar-refractivity contribution >= 4 is 27.9 Å². The second-order valence-electron chi connectivity index (χ2n) is 5.24. The summed E-state index contributed by atoms with van der Waals surface area (Å²) in [6.45, 7) is 7.51. The number of hydrogen-bond acceptors (Lipinski definition) is 4. The van der Waals surface area contributed by atoms with Crippen LogP contribution >= 0.6 is 15.9 Å². The number of carbonyl (C=O) groups excluding carboxylic acids is 2. The largest absolute Gasteiger partial charge is 0.493 e. The molecule has 0 saturated carbocycles. The number of carbonyl (C=O) groups is 2. The van der Waals surface area contributed by atoms with Crippen molar-refractivity contribution in [2.75, 3.05) is 26.8 Å². The van der Waals surface area contributed by atoms with Crippen LogP contribution in [0.2, 0.25) is 0 Å². The van der Waals surface area contributed by atoms with Gasteiger partial charge in [-0.25, -0.2) is 10.2 Å². The number of nitrogens with zero attached hydrogens (tertiary/aromatic N) is 1. The quantitative estimate of drug-likeness (QED) is 0.638. The minimum absolute atomic E-state index is 0.332. The maximum atomic E-state index is 12.3. The minimum Gasteiger partial charge on any atom is -0.493 e. The van der Waals surface area contributed by atoms with Gasteiger partial charge in [0.15, 0.2) is 11.5 Å². The number of ether oxygens (including phenoxy) is 2. The highest BCUT2D eigenvalue weighted by Crippen LogP contribution is 2.36. The molecule has 1 rings (SSSR count). The average Bonchev–Trinajstić information content (AvgIpc) is 2.61. The van der Waals surface area contributed by atoms with Crippen LogP contribution in [-0.2, 0) is 0 Å². The van der Waals surface area contributed by atoms with Crippen molar-refractivity contribution in [3.8, 4) is 11.5 Å². The Kier molecular flexibility index (Phi) is 9.12. The lowest BCUT2D eigenvalue weighted by Crippen LogP contribution is -2.49. The van der Waals surface area contributed by atoms with Crippen molar-refractivity contribution in [3.05, 3.63) is 22.2 Å². The van der Waals surface area contributed by atoms with Gasteiger partial charge in [0, 0.05) is 18.7 Å². The Morgan fingerprint density at radius 3 is 2.48 bits per heavy atom. The summed E-state index contributed by atoms with van der Waals surface area (Å²) in [4.78, 5) is 26.0. The molecule has 8 heteroatoms. The number of hydrogen-bond donors (Lipinski definition) is 2. The predicted molar refractivity (Wildman–Crippen MR) is 100 cm³/mol. The standard InChI is InChI=1S/C17H26BrN3O4/c1-5-8-9-21(6-2)17(23)20-19-16(22)12-10-13(18)15(25-7-3)14(11-12)24-4/h10-11H,5-9H2,1-4H3,(H,19,22)(H,20,23). The summed E-state index contributed by atoms with van der Waals surface area (Å²) < 4.78 is 11.4. The summed E-state index contributed by atoms with van der Waals surface area (Å²) in [5.74, 6) is 0.523. The zero-order valence-electron chi connectivity index (χ0n) is 15.1. The van der Waals surface area contributed by atoms with Gasteiger partial charge in [0.2, 0.25) is 0 Å². The van der Waals surface area contributed by atoms with E-state index in [-0.39, 0.29) is 6.03 Å². The normalized spacial score (nSPS) is 10.1. The molecule has 0 aromatic heterocycles. The topological polar surface area (TPSA) is 79.9 Å². The van der Waals surface area contributed by atoms with Crippen molar-refractivity contribution < 1.29 is 19.1 Å². The predicted octanol–water partition coefficient (Wildman–Crippen LogP) is 3.33. The second-order valence-corrected chi connectivity index (χ2v) is 6.09. The summed E-state index contributed by atoms with van der Waals surface area (Å²) in [5.41, 5.74) is 5.20. The first kappa shape index (κ1) is 21.1. The molecule has 0 aliphatic rings. The molecule has 140 valence electrons. The highest BCUT2D eigenvalue weighted by molar-refractivity contribution is 9.10. The molecule has 2 N–H and O–H groups in total. The molecule has 0 aliphatic heterocycles. The van der Waals surface area contributed by atoms with Crippen molar-refractivity contribution in [2.24, 2.45) is 0 Å². The molecule has 3 amide bonds. The van der Waals surface area contributed by atoms with Gasteiger partial charge in [0.25, 0.3) is 5.91 Å². The monoisotopic (exact) mass is 415 g/mol. The van der Waals surface area contributed by atoms with Crippen LogP contribution < -0.4 is 20.3 Å².